The number of aliphatic imine (C=N–C) groups is 1. The quantitative estimate of drug-likeness (QED) is 0.860. The summed E-state index contributed by atoms with van der Waals surface area (Å²) in [4.78, 5) is 4.52. The molecule has 0 unspecified atom stereocenters. The first-order valence-corrected chi connectivity index (χ1v) is 7.41. The van der Waals surface area contributed by atoms with Crippen LogP contribution in [0.4, 0.5) is 4.39 Å². The fourth-order valence-corrected chi connectivity index (χ4v) is 3.86. The van der Waals surface area contributed by atoms with E-state index >= 15 is 0 Å². The molecular weight excluding hydrogens is 319 g/mol. The third-order valence-electron chi connectivity index (χ3n) is 3.45. The Balaban J connectivity index is 2.17. The zero-order chi connectivity index (χ0) is 12.8. The van der Waals surface area contributed by atoms with Crippen molar-refractivity contribution in [1.82, 2.24) is 0 Å². The molecule has 1 aromatic rings. The van der Waals surface area contributed by atoms with E-state index in [1.165, 1.54) is 17.8 Å². The lowest BCUT2D eigenvalue weighted by molar-refractivity contribution is 0.176. The molecule has 0 spiro atoms. The zero-order valence-corrected chi connectivity index (χ0v) is 11.9. The topological polar surface area (TPSA) is 47.6 Å². The van der Waals surface area contributed by atoms with Crippen molar-refractivity contribution >= 4 is 32.9 Å². The van der Waals surface area contributed by atoms with E-state index in [1.807, 2.05) is 0 Å². The fourth-order valence-electron chi connectivity index (χ4n) is 2.52. The molecule has 2 aliphatic rings. The predicted molar refractivity (Wildman–Crippen MR) is 74.2 cm³/mol. The van der Waals surface area contributed by atoms with Gasteiger partial charge in [0.25, 0.3) is 0 Å². The maximum absolute atomic E-state index is 14.1. The summed E-state index contributed by atoms with van der Waals surface area (Å²) in [5, 5.41) is 0.510. The third-order valence-corrected chi connectivity index (χ3v) is 4.90. The van der Waals surface area contributed by atoms with Crippen molar-refractivity contribution in [1.29, 1.82) is 0 Å². The first kappa shape index (κ1) is 12.4. The van der Waals surface area contributed by atoms with Crippen LogP contribution < -0.4 is 5.73 Å². The van der Waals surface area contributed by atoms with E-state index in [0.717, 1.165) is 10.2 Å². The van der Waals surface area contributed by atoms with E-state index in [4.69, 9.17) is 10.5 Å². The van der Waals surface area contributed by atoms with E-state index in [-0.39, 0.29) is 11.7 Å². The molecule has 3 nitrogen and oxygen atoms in total. The van der Waals surface area contributed by atoms with Crippen LogP contribution in [0.25, 0.3) is 0 Å². The smallest absolute Gasteiger partial charge is 0.154 e. The molecule has 0 amide bonds. The number of fused-ring (bicyclic) bond motifs is 1. The van der Waals surface area contributed by atoms with Gasteiger partial charge in [-0.2, -0.15) is 0 Å². The average molecular weight is 331 g/mol. The summed E-state index contributed by atoms with van der Waals surface area (Å²) in [6.07, 6.45) is 0. The molecule has 1 aromatic carbocycles. The highest BCUT2D eigenvalue weighted by atomic mass is 79.9. The molecule has 3 rings (SSSR count). The molecule has 0 saturated carbocycles. The van der Waals surface area contributed by atoms with Gasteiger partial charge in [-0.3, -0.25) is 0 Å². The van der Waals surface area contributed by atoms with E-state index in [0.29, 0.717) is 23.9 Å². The molecule has 2 atom stereocenters. The Bertz CT molecular complexity index is 525. The Morgan fingerprint density at radius 2 is 2.39 bits per heavy atom. The highest BCUT2D eigenvalue weighted by Gasteiger charge is 2.49. The van der Waals surface area contributed by atoms with Crippen LogP contribution in [0.15, 0.2) is 27.7 Å². The number of nitrogens with zero attached hydrogens (tertiary/aromatic N) is 1. The van der Waals surface area contributed by atoms with Crippen LogP contribution in [0.3, 0.4) is 0 Å². The van der Waals surface area contributed by atoms with E-state index in [9.17, 15) is 4.39 Å². The summed E-state index contributed by atoms with van der Waals surface area (Å²) in [6.45, 7) is 1.00. The number of amidine groups is 1. The summed E-state index contributed by atoms with van der Waals surface area (Å²) in [7, 11) is 0. The Morgan fingerprint density at radius 1 is 1.56 bits per heavy atom. The normalized spacial score (nSPS) is 31.0. The van der Waals surface area contributed by atoms with Gasteiger partial charge in [-0.1, -0.05) is 27.7 Å². The molecule has 1 fully saturated rings. The third kappa shape index (κ3) is 1.87. The van der Waals surface area contributed by atoms with Crippen LogP contribution >= 0.6 is 27.7 Å². The molecule has 2 N–H and O–H groups in total. The second kappa shape index (κ2) is 4.51. The van der Waals surface area contributed by atoms with Crippen LogP contribution in [0.1, 0.15) is 5.56 Å². The molecule has 0 aliphatic carbocycles. The molecule has 96 valence electrons. The van der Waals surface area contributed by atoms with Crippen molar-refractivity contribution in [3.63, 3.8) is 0 Å². The zero-order valence-electron chi connectivity index (χ0n) is 9.53. The van der Waals surface area contributed by atoms with Gasteiger partial charge in [0, 0.05) is 21.7 Å². The van der Waals surface area contributed by atoms with Crippen LogP contribution in [0, 0.1) is 11.7 Å². The molecule has 6 heteroatoms. The van der Waals surface area contributed by atoms with Crippen LogP contribution in [0.2, 0.25) is 0 Å². The van der Waals surface area contributed by atoms with Crippen molar-refractivity contribution < 1.29 is 9.13 Å². The van der Waals surface area contributed by atoms with Gasteiger partial charge in [0.05, 0.1) is 13.2 Å². The number of nitrogens with two attached hydrogens (primary N) is 1. The van der Waals surface area contributed by atoms with E-state index < -0.39 is 5.54 Å². The van der Waals surface area contributed by atoms with Crippen molar-refractivity contribution in [3.05, 3.63) is 34.1 Å². The van der Waals surface area contributed by atoms with Gasteiger partial charge in [-0.25, -0.2) is 9.38 Å². The van der Waals surface area contributed by atoms with Gasteiger partial charge in [0.2, 0.25) is 0 Å². The number of halogens is 2. The number of benzene rings is 1. The van der Waals surface area contributed by atoms with Crippen LogP contribution in [0.5, 0.6) is 0 Å². The summed E-state index contributed by atoms with van der Waals surface area (Å²) < 4.78 is 20.5. The Morgan fingerprint density at radius 3 is 3.22 bits per heavy atom. The fraction of sp³-hybridized carbons (Fsp3) is 0.417. The molecule has 2 aliphatic heterocycles. The van der Waals surface area contributed by atoms with Gasteiger partial charge in [0.1, 0.15) is 11.4 Å². The van der Waals surface area contributed by atoms with Crippen molar-refractivity contribution in [2.24, 2.45) is 16.6 Å². The maximum atomic E-state index is 14.1. The van der Waals surface area contributed by atoms with Crippen LogP contribution in [-0.4, -0.2) is 24.1 Å². The standard InChI is InChI=1S/C12H12BrFN2OS/c13-8-1-2-10(14)9(3-8)12-6-17-4-7(12)5-18-11(15)16-12/h1-3,7H,4-6H2,(H2,15,16)/t7-,12-/m1/s1. The van der Waals surface area contributed by atoms with Gasteiger partial charge in [-0.15, -0.1) is 0 Å². The average Bonchev–Trinajstić information content (AvgIpc) is 2.76. The minimum absolute atomic E-state index is 0.179. The summed E-state index contributed by atoms with van der Waals surface area (Å²) >= 11 is 4.89. The van der Waals surface area contributed by atoms with E-state index in [1.54, 1.807) is 12.1 Å². The van der Waals surface area contributed by atoms with Crippen molar-refractivity contribution in [3.8, 4) is 0 Å². The van der Waals surface area contributed by atoms with Crippen LogP contribution in [-0.2, 0) is 10.3 Å². The number of hydrogen-bond donors (Lipinski definition) is 1. The Labute approximate surface area is 117 Å². The Hall–Kier alpha value is -0.590. The predicted octanol–water partition coefficient (Wildman–Crippen LogP) is 2.49. The second-order valence-corrected chi connectivity index (χ2v) is 6.48. The molecule has 0 bridgehead atoms. The summed E-state index contributed by atoms with van der Waals surface area (Å²) in [6, 6.07) is 4.92. The first-order chi connectivity index (χ1) is 8.62. The largest absolute Gasteiger partial charge is 0.379 e. The van der Waals surface area contributed by atoms with Crippen molar-refractivity contribution in [2.45, 2.75) is 5.54 Å². The first-order valence-electron chi connectivity index (χ1n) is 5.63. The lowest BCUT2D eigenvalue weighted by atomic mass is 9.81. The maximum Gasteiger partial charge on any atom is 0.154 e. The second-order valence-electron chi connectivity index (χ2n) is 4.52. The van der Waals surface area contributed by atoms with Gasteiger partial charge in [0.15, 0.2) is 5.17 Å². The molecular formula is C12H12BrFN2OS. The van der Waals surface area contributed by atoms with Gasteiger partial charge in [-0.05, 0) is 18.2 Å². The van der Waals surface area contributed by atoms with Crippen molar-refractivity contribution in [2.75, 3.05) is 19.0 Å². The molecule has 2 heterocycles. The molecule has 18 heavy (non-hydrogen) atoms. The minimum Gasteiger partial charge on any atom is -0.379 e. The number of hydrogen-bond acceptors (Lipinski definition) is 4. The minimum atomic E-state index is -0.650. The van der Waals surface area contributed by atoms with Gasteiger partial charge >= 0.3 is 0 Å². The van der Waals surface area contributed by atoms with E-state index in [2.05, 4.69) is 20.9 Å². The lowest BCUT2D eigenvalue weighted by Crippen LogP contribution is -2.40. The highest BCUT2D eigenvalue weighted by molar-refractivity contribution is 9.10. The summed E-state index contributed by atoms with van der Waals surface area (Å²) in [5.41, 5.74) is 5.75. The highest BCUT2D eigenvalue weighted by Crippen LogP contribution is 2.45. The number of thioether (sulfide) groups is 1. The molecule has 0 radical (unpaired) electrons. The molecule has 1 saturated heterocycles. The SMILES string of the molecule is NC1=N[C@]2(c3cc(Br)ccc3F)COC[C@@H]2CS1. The number of ether oxygens (including phenoxy) is 1. The van der Waals surface area contributed by atoms with Gasteiger partial charge < -0.3 is 10.5 Å². The lowest BCUT2D eigenvalue weighted by Gasteiger charge is -2.34. The monoisotopic (exact) mass is 330 g/mol. The summed E-state index contributed by atoms with van der Waals surface area (Å²) in [5.74, 6) is 0.747. The Kier molecular flexibility index (Phi) is 3.11. The molecule has 0 aromatic heterocycles. The number of rotatable bonds is 1.